The molecule has 4 aliphatic rings. The standard InChI is InChI=1S/C18H22O4/c1-18(2,3)22-12(19)7-8-6-11-14-9-4-5-10(16(9)20)15(14)13(8)17(11)21/h4-5,8-11,13-15H,6-7H2,1-3H3. The summed E-state index contributed by atoms with van der Waals surface area (Å²) in [6, 6.07) is 0. The van der Waals surface area contributed by atoms with Crippen LogP contribution in [0.2, 0.25) is 0 Å². The van der Waals surface area contributed by atoms with Crippen LogP contribution in [-0.2, 0) is 19.1 Å². The van der Waals surface area contributed by atoms with Crippen molar-refractivity contribution in [1.29, 1.82) is 0 Å². The molecule has 7 unspecified atom stereocenters. The average Bonchev–Trinajstić information content (AvgIpc) is 3.05. The highest BCUT2D eigenvalue weighted by Crippen LogP contribution is 2.64. The molecule has 0 heterocycles. The molecule has 118 valence electrons. The SMILES string of the molecule is CC(C)(C)OC(=O)CC1CC2C(=O)C1C1C3C=CC(C3=O)C21. The molecule has 0 aliphatic heterocycles. The van der Waals surface area contributed by atoms with Crippen LogP contribution in [0.15, 0.2) is 12.2 Å². The van der Waals surface area contributed by atoms with Gasteiger partial charge in [-0.1, -0.05) is 12.2 Å². The Balaban J connectivity index is 1.53. The van der Waals surface area contributed by atoms with Gasteiger partial charge >= 0.3 is 5.97 Å². The number of ketones is 2. The number of ether oxygens (including phenoxy) is 1. The summed E-state index contributed by atoms with van der Waals surface area (Å²) in [5, 5.41) is 0. The molecule has 4 bridgehead atoms. The van der Waals surface area contributed by atoms with Crippen LogP contribution in [0.25, 0.3) is 0 Å². The number of esters is 1. The van der Waals surface area contributed by atoms with Crippen LogP contribution in [0.3, 0.4) is 0 Å². The quantitative estimate of drug-likeness (QED) is 0.445. The maximum absolute atomic E-state index is 12.6. The Morgan fingerprint density at radius 2 is 1.77 bits per heavy atom. The van der Waals surface area contributed by atoms with Crippen molar-refractivity contribution in [3.8, 4) is 0 Å². The lowest BCUT2D eigenvalue weighted by Gasteiger charge is -2.34. The number of Topliss-reactive ketones (excluding diaryl/α,β-unsaturated/α-hetero) is 2. The molecule has 0 aromatic rings. The molecule has 22 heavy (non-hydrogen) atoms. The molecule has 4 nitrogen and oxygen atoms in total. The van der Waals surface area contributed by atoms with Gasteiger partial charge in [0.25, 0.3) is 0 Å². The summed E-state index contributed by atoms with van der Waals surface area (Å²) in [6.07, 6.45) is 5.06. The summed E-state index contributed by atoms with van der Waals surface area (Å²) in [5.41, 5.74) is -0.494. The molecule has 0 radical (unpaired) electrons. The highest BCUT2D eigenvalue weighted by atomic mass is 16.6. The molecule has 3 saturated carbocycles. The topological polar surface area (TPSA) is 60.4 Å². The van der Waals surface area contributed by atoms with Crippen molar-refractivity contribution in [3.63, 3.8) is 0 Å². The smallest absolute Gasteiger partial charge is 0.306 e. The number of fused-ring (bicyclic) bond motifs is 9. The number of carbonyl (C=O) groups is 3. The third-order valence-electron chi connectivity index (χ3n) is 5.94. The summed E-state index contributed by atoms with van der Waals surface area (Å²) in [7, 11) is 0. The van der Waals surface area contributed by atoms with Gasteiger partial charge in [-0.2, -0.15) is 0 Å². The van der Waals surface area contributed by atoms with Gasteiger partial charge < -0.3 is 4.74 Å². The lowest BCUT2D eigenvalue weighted by atomic mass is 9.69. The lowest BCUT2D eigenvalue weighted by Crippen LogP contribution is -2.33. The van der Waals surface area contributed by atoms with Crippen molar-refractivity contribution >= 4 is 17.5 Å². The minimum atomic E-state index is -0.494. The minimum absolute atomic E-state index is 0.00802. The van der Waals surface area contributed by atoms with E-state index >= 15 is 0 Å². The van der Waals surface area contributed by atoms with E-state index in [9.17, 15) is 14.4 Å². The fourth-order valence-corrected chi connectivity index (χ4v) is 5.47. The van der Waals surface area contributed by atoms with Crippen molar-refractivity contribution in [1.82, 2.24) is 0 Å². The zero-order chi connectivity index (χ0) is 15.8. The monoisotopic (exact) mass is 302 g/mol. The van der Waals surface area contributed by atoms with E-state index in [0.717, 1.165) is 6.42 Å². The normalized spacial score (nSPS) is 44.8. The van der Waals surface area contributed by atoms with Gasteiger partial charge in [0.2, 0.25) is 0 Å². The van der Waals surface area contributed by atoms with E-state index in [1.54, 1.807) is 0 Å². The second kappa shape index (κ2) is 4.30. The van der Waals surface area contributed by atoms with Gasteiger partial charge in [0.15, 0.2) is 0 Å². The number of carbonyl (C=O) groups excluding carboxylic acids is 3. The molecular weight excluding hydrogens is 280 g/mol. The molecule has 4 heteroatoms. The number of rotatable bonds is 2. The van der Waals surface area contributed by atoms with Gasteiger partial charge in [0.05, 0.1) is 0 Å². The van der Waals surface area contributed by atoms with E-state index in [1.807, 2.05) is 32.9 Å². The molecule has 3 fully saturated rings. The Labute approximate surface area is 130 Å². The molecular formula is C18H22O4. The second-order valence-electron chi connectivity index (χ2n) is 8.31. The van der Waals surface area contributed by atoms with Gasteiger partial charge in [0, 0.05) is 30.1 Å². The first-order chi connectivity index (χ1) is 10.3. The molecule has 0 amide bonds. The molecule has 0 aromatic carbocycles. The van der Waals surface area contributed by atoms with Crippen molar-refractivity contribution in [2.75, 3.05) is 0 Å². The zero-order valence-electron chi connectivity index (χ0n) is 13.2. The zero-order valence-corrected chi connectivity index (χ0v) is 13.2. The molecule has 7 atom stereocenters. The Morgan fingerprint density at radius 1 is 1.14 bits per heavy atom. The third-order valence-corrected chi connectivity index (χ3v) is 5.94. The molecule has 4 aliphatic carbocycles. The van der Waals surface area contributed by atoms with Gasteiger partial charge in [-0.05, 0) is 44.9 Å². The van der Waals surface area contributed by atoms with Crippen molar-refractivity contribution < 1.29 is 19.1 Å². The van der Waals surface area contributed by atoms with Gasteiger partial charge in [-0.25, -0.2) is 0 Å². The highest BCUT2D eigenvalue weighted by molar-refractivity contribution is 5.99. The fraction of sp³-hybridized carbons (Fsp3) is 0.722. The van der Waals surface area contributed by atoms with Crippen LogP contribution in [0, 0.1) is 41.4 Å². The maximum Gasteiger partial charge on any atom is 0.306 e. The maximum atomic E-state index is 12.6. The van der Waals surface area contributed by atoms with Crippen LogP contribution in [0.5, 0.6) is 0 Å². The summed E-state index contributed by atoms with van der Waals surface area (Å²) >= 11 is 0. The van der Waals surface area contributed by atoms with Gasteiger partial charge in [0.1, 0.15) is 17.2 Å². The lowest BCUT2D eigenvalue weighted by molar-refractivity contribution is -0.156. The average molecular weight is 302 g/mol. The Morgan fingerprint density at radius 3 is 2.41 bits per heavy atom. The van der Waals surface area contributed by atoms with Crippen LogP contribution >= 0.6 is 0 Å². The van der Waals surface area contributed by atoms with Crippen LogP contribution in [0.1, 0.15) is 33.6 Å². The number of hydrogen-bond donors (Lipinski definition) is 0. The first kappa shape index (κ1) is 14.2. The number of hydrogen-bond acceptors (Lipinski definition) is 4. The van der Waals surface area contributed by atoms with Crippen LogP contribution in [-0.4, -0.2) is 23.1 Å². The summed E-state index contributed by atoms with van der Waals surface area (Å²) in [6.45, 7) is 5.56. The summed E-state index contributed by atoms with van der Waals surface area (Å²) in [4.78, 5) is 37.0. The summed E-state index contributed by atoms with van der Waals surface area (Å²) < 4.78 is 5.41. The van der Waals surface area contributed by atoms with E-state index in [4.69, 9.17) is 4.74 Å². The molecule has 0 spiro atoms. The predicted octanol–water partition coefficient (Wildman–Crippen LogP) is 2.17. The Hall–Kier alpha value is -1.45. The minimum Gasteiger partial charge on any atom is -0.460 e. The Kier molecular flexibility index (Phi) is 2.77. The van der Waals surface area contributed by atoms with Crippen molar-refractivity contribution in [3.05, 3.63) is 12.2 Å². The molecule has 0 N–H and O–H groups in total. The molecule has 4 rings (SSSR count). The molecule has 0 aromatic heterocycles. The van der Waals surface area contributed by atoms with E-state index < -0.39 is 5.60 Å². The second-order valence-corrected chi connectivity index (χ2v) is 8.31. The van der Waals surface area contributed by atoms with Crippen LogP contribution < -0.4 is 0 Å². The van der Waals surface area contributed by atoms with Gasteiger partial charge in [-0.3, -0.25) is 14.4 Å². The summed E-state index contributed by atoms with van der Waals surface area (Å²) in [5.74, 6) is 0.597. The number of allylic oxidation sites excluding steroid dienone is 2. The van der Waals surface area contributed by atoms with Gasteiger partial charge in [-0.15, -0.1) is 0 Å². The van der Waals surface area contributed by atoms with E-state index in [2.05, 4.69) is 0 Å². The van der Waals surface area contributed by atoms with E-state index in [1.165, 1.54) is 0 Å². The highest BCUT2D eigenvalue weighted by Gasteiger charge is 2.68. The molecule has 0 saturated heterocycles. The van der Waals surface area contributed by atoms with E-state index in [-0.39, 0.29) is 47.4 Å². The van der Waals surface area contributed by atoms with E-state index in [0.29, 0.717) is 18.0 Å². The van der Waals surface area contributed by atoms with Crippen LogP contribution in [0.4, 0.5) is 0 Å². The first-order valence-electron chi connectivity index (χ1n) is 8.25. The van der Waals surface area contributed by atoms with Crippen molar-refractivity contribution in [2.24, 2.45) is 41.4 Å². The van der Waals surface area contributed by atoms with Crippen molar-refractivity contribution in [2.45, 2.75) is 39.2 Å². The Bertz CT molecular complexity index is 597. The third kappa shape index (κ3) is 1.79. The largest absolute Gasteiger partial charge is 0.460 e. The predicted molar refractivity (Wildman–Crippen MR) is 78.7 cm³/mol. The fourth-order valence-electron chi connectivity index (χ4n) is 5.47. The first-order valence-corrected chi connectivity index (χ1v) is 8.25.